The maximum atomic E-state index is 11.2. The van der Waals surface area contributed by atoms with Crippen LogP contribution in [0, 0.1) is 0 Å². The van der Waals surface area contributed by atoms with Crippen molar-refractivity contribution in [2.75, 3.05) is 0 Å². The second-order valence-electron chi connectivity index (χ2n) is 9.68. The number of nitrogens with zero attached hydrogens (tertiary/aromatic N) is 2. The van der Waals surface area contributed by atoms with Crippen molar-refractivity contribution in [1.29, 1.82) is 0 Å². The van der Waals surface area contributed by atoms with Gasteiger partial charge in [0.1, 0.15) is 12.6 Å². The van der Waals surface area contributed by atoms with Crippen LogP contribution in [-0.4, -0.2) is 32.5 Å². The van der Waals surface area contributed by atoms with Crippen molar-refractivity contribution in [3.05, 3.63) is 119 Å². The first-order valence-corrected chi connectivity index (χ1v) is 12.9. The molecular formula is C34H22N4O2. The Morgan fingerprint density at radius 3 is 1.32 bits per heavy atom. The summed E-state index contributed by atoms with van der Waals surface area (Å²) in [7, 11) is 0. The highest BCUT2D eigenvalue weighted by Gasteiger charge is 2.13. The molecule has 2 aliphatic heterocycles. The zero-order valence-corrected chi connectivity index (χ0v) is 21.3. The summed E-state index contributed by atoms with van der Waals surface area (Å²) in [5.41, 5.74) is 12.0. The highest BCUT2D eigenvalue weighted by atomic mass is 16.1. The van der Waals surface area contributed by atoms with E-state index in [0.717, 1.165) is 79.7 Å². The monoisotopic (exact) mass is 518 g/mol. The van der Waals surface area contributed by atoms with Gasteiger partial charge in [-0.05, 0) is 71.8 Å². The van der Waals surface area contributed by atoms with E-state index in [-0.39, 0.29) is 0 Å². The fourth-order valence-corrected chi connectivity index (χ4v) is 5.14. The van der Waals surface area contributed by atoms with Crippen molar-refractivity contribution >= 4 is 58.9 Å². The van der Waals surface area contributed by atoms with Gasteiger partial charge in [0.15, 0.2) is 0 Å². The molecule has 2 aliphatic rings. The van der Waals surface area contributed by atoms with Gasteiger partial charge < -0.3 is 9.97 Å². The van der Waals surface area contributed by atoms with E-state index in [1.165, 1.54) is 0 Å². The summed E-state index contributed by atoms with van der Waals surface area (Å²) in [6.45, 7) is 0. The third kappa shape index (κ3) is 4.27. The molecule has 0 amide bonds. The highest BCUT2D eigenvalue weighted by Crippen LogP contribution is 2.32. The van der Waals surface area contributed by atoms with Gasteiger partial charge >= 0.3 is 0 Å². The van der Waals surface area contributed by atoms with Crippen molar-refractivity contribution in [3.8, 4) is 22.3 Å². The van der Waals surface area contributed by atoms with E-state index in [4.69, 9.17) is 9.97 Å². The molecule has 3 aromatic heterocycles. The summed E-state index contributed by atoms with van der Waals surface area (Å²) in [6, 6.07) is 27.2. The molecule has 40 heavy (non-hydrogen) atoms. The number of hydrogen-bond acceptors (Lipinski definition) is 4. The zero-order valence-electron chi connectivity index (χ0n) is 21.3. The first-order chi connectivity index (χ1) is 19.7. The van der Waals surface area contributed by atoms with Gasteiger partial charge in [0, 0.05) is 44.3 Å². The van der Waals surface area contributed by atoms with Gasteiger partial charge in [-0.15, -0.1) is 0 Å². The van der Waals surface area contributed by atoms with Crippen LogP contribution in [0.4, 0.5) is 0 Å². The van der Waals surface area contributed by atoms with E-state index in [2.05, 4.69) is 9.97 Å². The van der Waals surface area contributed by atoms with Crippen molar-refractivity contribution in [3.63, 3.8) is 0 Å². The van der Waals surface area contributed by atoms with E-state index in [9.17, 15) is 9.59 Å². The number of fused-ring (bicyclic) bond motifs is 8. The number of aromatic nitrogens is 4. The molecule has 5 aromatic rings. The first-order valence-electron chi connectivity index (χ1n) is 12.9. The number of nitrogens with one attached hydrogen (secondary N) is 2. The number of aromatic amines is 2. The predicted octanol–water partition coefficient (Wildman–Crippen LogP) is 7.61. The standard InChI is InChI=1S/C34H22N4O2/c39-19-21-1-5-23(6-2-21)33-29-13-9-25(35-29)17-27-11-15-31(37-27)34(24-7-3-22(20-40)4-8-24)32-16-12-28(38-32)18-26-10-14-30(33)36-26/h1-20,35,38H. The maximum absolute atomic E-state index is 11.2. The normalized spacial score (nSPS) is 12.0. The summed E-state index contributed by atoms with van der Waals surface area (Å²) in [6.07, 6.45) is 9.71. The quantitative estimate of drug-likeness (QED) is 0.235. The smallest absolute Gasteiger partial charge is 0.150 e. The van der Waals surface area contributed by atoms with Gasteiger partial charge in [0.25, 0.3) is 0 Å². The lowest BCUT2D eigenvalue weighted by molar-refractivity contribution is 0.111. The number of carbonyl (C=O) groups is 2. The topological polar surface area (TPSA) is 91.5 Å². The number of aldehydes is 2. The molecule has 0 atom stereocenters. The fraction of sp³-hybridized carbons (Fsp3) is 0. The Labute approximate surface area is 229 Å². The van der Waals surface area contributed by atoms with Crippen LogP contribution in [0.1, 0.15) is 43.5 Å². The first kappa shape index (κ1) is 23.5. The van der Waals surface area contributed by atoms with Crippen molar-refractivity contribution in [2.45, 2.75) is 0 Å². The van der Waals surface area contributed by atoms with Crippen LogP contribution in [0.25, 0.3) is 68.6 Å². The summed E-state index contributed by atoms with van der Waals surface area (Å²) < 4.78 is 0. The van der Waals surface area contributed by atoms with Gasteiger partial charge in [-0.2, -0.15) is 0 Å². The molecule has 2 aromatic carbocycles. The van der Waals surface area contributed by atoms with Gasteiger partial charge in [-0.3, -0.25) is 9.59 Å². The van der Waals surface area contributed by atoms with Crippen molar-refractivity contribution in [2.24, 2.45) is 0 Å². The third-order valence-electron chi connectivity index (χ3n) is 7.07. The molecule has 8 bridgehead atoms. The number of benzene rings is 2. The Balaban J connectivity index is 1.53. The van der Waals surface area contributed by atoms with E-state index >= 15 is 0 Å². The Morgan fingerprint density at radius 1 is 0.500 bits per heavy atom. The molecule has 190 valence electrons. The molecule has 0 aliphatic carbocycles. The van der Waals surface area contributed by atoms with Crippen LogP contribution in [-0.2, 0) is 0 Å². The summed E-state index contributed by atoms with van der Waals surface area (Å²) in [5.74, 6) is 0. The lowest BCUT2D eigenvalue weighted by Gasteiger charge is -2.04. The van der Waals surface area contributed by atoms with Gasteiger partial charge in [-0.1, -0.05) is 48.5 Å². The number of rotatable bonds is 4. The molecule has 0 unspecified atom stereocenters. The van der Waals surface area contributed by atoms with Crippen molar-refractivity contribution in [1.82, 2.24) is 19.9 Å². The predicted molar refractivity (Wildman–Crippen MR) is 161 cm³/mol. The Bertz CT molecular complexity index is 1880. The van der Waals surface area contributed by atoms with Gasteiger partial charge in [0.2, 0.25) is 0 Å². The van der Waals surface area contributed by atoms with E-state index in [1.54, 1.807) is 0 Å². The molecule has 2 N–H and O–H groups in total. The number of H-pyrrole nitrogens is 2. The van der Waals surface area contributed by atoms with Crippen molar-refractivity contribution < 1.29 is 9.59 Å². The minimum atomic E-state index is 0.624. The SMILES string of the molecule is O=Cc1ccc(-c2c3nc(cc4ccc([nH]4)c(-c4ccc(C=O)cc4)c4nc(cc5ccc2[nH]5)C=C4)C=C3)cc1. The Morgan fingerprint density at radius 2 is 0.925 bits per heavy atom. The largest absolute Gasteiger partial charge is 0.355 e. The number of hydrogen-bond donors (Lipinski definition) is 2. The lowest BCUT2D eigenvalue weighted by atomic mass is 10.0. The second-order valence-corrected chi connectivity index (χ2v) is 9.68. The molecule has 7 rings (SSSR count). The van der Waals surface area contributed by atoms with E-state index in [0.29, 0.717) is 11.1 Å². The van der Waals surface area contributed by atoms with Gasteiger partial charge in [-0.25, -0.2) is 9.97 Å². The minimum absolute atomic E-state index is 0.624. The average molecular weight is 519 g/mol. The summed E-state index contributed by atoms with van der Waals surface area (Å²) in [5, 5.41) is 0. The molecule has 6 heteroatoms. The summed E-state index contributed by atoms with van der Waals surface area (Å²) in [4.78, 5) is 39.4. The molecule has 0 radical (unpaired) electrons. The molecule has 0 saturated carbocycles. The lowest BCUT2D eigenvalue weighted by Crippen LogP contribution is -1.87. The third-order valence-corrected chi connectivity index (χ3v) is 7.07. The highest BCUT2D eigenvalue weighted by molar-refractivity contribution is 5.93. The molecule has 5 heterocycles. The fourth-order valence-electron chi connectivity index (χ4n) is 5.14. The number of carbonyl (C=O) groups excluding carboxylic acids is 2. The minimum Gasteiger partial charge on any atom is -0.355 e. The maximum Gasteiger partial charge on any atom is 0.150 e. The Hall–Kier alpha value is -5.62. The molecule has 6 nitrogen and oxygen atoms in total. The Kier molecular flexibility index (Phi) is 5.64. The molecule has 0 saturated heterocycles. The van der Waals surface area contributed by atoms with Crippen LogP contribution in [0.3, 0.4) is 0 Å². The second kappa shape index (κ2) is 9.60. The van der Waals surface area contributed by atoms with E-state index in [1.807, 2.05) is 109 Å². The molecular weight excluding hydrogens is 496 g/mol. The van der Waals surface area contributed by atoms with Crippen LogP contribution >= 0.6 is 0 Å². The van der Waals surface area contributed by atoms with Crippen LogP contribution in [0.2, 0.25) is 0 Å². The van der Waals surface area contributed by atoms with Gasteiger partial charge in [0.05, 0.1) is 22.8 Å². The van der Waals surface area contributed by atoms with E-state index < -0.39 is 0 Å². The molecule has 0 fully saturated rings. The summed E-state index contributed by atoms with van der Waals surface area (Å²) >= 11 is 0. The molecule has 0 spiro atoms. The van der Waals surface area contributed by atoms with Crippen LogP contribution < -0.4 is 0 Å². The van der Waals surface area contributed by atoms with Crippen LogP contribution in [0.5, 0.6) is 0 Å². The zero-order chi connectivity index (χ0) is 27.1. The average Bonchev–Trinajstić information content (AvgIpc) is 3.80. The van der Waals surface area contributed by atoms with Crippen LogP contribution in [0.15, 0.2) is 84.9 Å².